The van der Waals surface area contributed by atoms with E-state index in [1.807, 2.05) is 0 Å². The van der Waals surface area contributed by atoms with E-state index in [1.165, 1.54) is 17.2 Å². The Kier molecular flexibility index (Phi) is 5.70. The van der Waals surface area contributed by atoms with Crippen molar-refractivity contribution >= 4 is 37.9 Å². The maximum absolute atomic E-state index is 10.6. The van der Waals surface area contributed by atoms with Gasteiger partial charge in [0, 0.05) is 0 Å². The molecule has 0 amide bonds. The number of hydrogen-bond acceptors (Lipinski definition) is 9. The minimum atomic E-state index is -1.38. The summed E-state index contributed by atoms with van der Waals surface area (Å²) in [4.78, 5) is 22.7. The minimum absolute atomic E-state index is 0.0553. The Balaban J connectivity index is 1.64. The van der Waals surface area contributed by atoms with Crippen molar-refractivity contribution in [3.8, 4) is 0 Å². The number of aliphatic hydroxyl groups excluding tert-OH is 3. The first-order chi connectivity index (χ1) is 12.4. The number of nitrogens with zero attached hydrogens (tertiary/aromatic N) is 4. The Bertz CT molecular complexity index is 788. The molecule has 26 heavy (non-hydrogen) atoms. The molecule has 1 aliphatic rings. The molecule has 1 unspecified atom stereocenters. The Hall–Kier alpha value is -1.82. The fraction of sp³-hybridized carbons (Fsp3) is 0.571. The first kappa shape index (κ1) is 19.0. The van der Waals surface area contributed by atoms with Crippen molar-refractivity contribution in [2.75, 3.05) is 5.73 Å². The number of nitrogen functional groups attached to an aromatic ring is 1. The number of ether oxygens (including phenoxy) is 1. The van der Waals surface area contributed by atoms with Gasteiger partial charge in [-0.25, -0.2) is 0 Å². The second-order valence-corrected chi connectivity index (χ2v) is 8.26. The van der Waals surface area contributed by atoms with Crippen LogP contribution in [0.25, 0.3) is 11.2 Å². The van der Waals surface area contributed by atoms with Crippen molar-refractivity contribution in [1.29, 1.82) is 0 Å². The molecule has 3 heterocycles. The molecule has 0 aromatic carbocycles. The number of aliphatic hydroxyl groups is 3. The van der Waals surface area contributed by atoms with Crippen molar-refractivity contribution in [3.05, 3.63) is 12.7 Å². The van der Waals surface area contributed by atoms with E-state index in [0.29, 0.717) is 21.8 Å². The summed E-state index contributed by atoms with van der Waals surface area (Å²) in [6.07, 6.45) is -2.27. The summed E-state index contributed by atoms with van der Waals surface area (Å²) in [6.45, 7) is 0. The van der Waals surface area contributed by atoms with Crippen LogP contribution in [0.5, 0.6) is 0 Å². The Morgan fingerprint density at radius 1 is 1.35 bits per heavy atom. The normalized spacial score (nSPS) is 27.0. The van der Waals surface area contributed by atoms with Crippen molar-refractivity contribution in [2.45, 2.75) is 47.7 Å². The molecule has 142 valence electrons. The summed E-state index contributed by atoms with van der Waals surface area (Å²) in [6, 6.07) is 0. The number of aromatic nitrogens is 4. The van der Waals surface area contributed by atoms with Gasteiger partial charge in [0.1, 0.15) is 0 Å². The van der Waals surface area contributed by atoms with Crippen LogP contribution in [-0.4, -0.2) is 85.3 Å². The molecule has 1 aliphatic heterocycles. The number of aliphatic carboxylic acids is 1. The van der Waals surface area contributed by atoms with Crippen LogP contribution in [0.1, 0.15) is 12.6 Å². The van der Waals surface area contributed by atoms with Gasteiger partial charge < -0.3 is 0 Å². The summed E-state index contributed by atoms with van der Waals surface area (Å²) in [5.41, 5.74) is 6.52. The summed E-state index contributed by atoms with van der Waals surface area (Å²) >= 11 is -0.0553. The van der Waals surface area contributed by atoms with E-state index < -0.39 is 36.6 Å². The number of anilines is 1. The molecule has 6 N–H and O–H groups in total. The van der Waals surface area contributed by atoms with Gasteiger partial charge >= 0.3 is 153 Å². The number of hydrogen-bond donors (Lipinski definition) is 5. The summed E-state index contributed by atoms with van der Waals surface area (Å²) < 4.78 is 7.29. The number of carbonyl (C=O) groups is 1. The second kappa shape index (κ2) is 7.82. The molecule has 1 fully saturated rings. The summed E-state index contributed by atoms with van der Waals surface area (Å²) in [5.74, 6) is -1.04. The van der Waals surface area contributed by atoms with Crippen molar-refractivity contribution in [2.24, 2.45) is 0 Å². The molecular formula is C14H19N5O6Se. The molecule has 1 saturated heterocycles. The summed E-state index contributed by atoms with van der Waals surface area (Å²) in [5, 5.41) is 39.5. The molecule has 0 saturated carbocycles. The number of fused-ring (bicyclic) bond motifs is 1. The Morgan fingerprint density at radius 3 is 2.85 bits per heavy atom. The predicted molar refractivity (Wildman–Crippen MR) is 89.3 cm³/mol. The molecule has 5 atom stereocenters. The van der Waals surface area contributed by atoms with Crippen molar-refractivity contribution < 1.29 is 30.0 Å². The maximum atomic E-state index is 10.6. The third kappa shape index (κ3) is 3.65. The van der Waals surface area contributed by atoms with E-state index in [4.69, 9.17) is 15.6 Å². The fourth-order valence-corrected chi connectivity index (χ4v) is 4.90. The van der Waals surface area contributed by atoms with Gasteiger partial charge in [-0.2, -0.15) is 0 Å². The SMILES string of the molecule is Nc1ncnc2c1ncn2[C@@H]1O[C@H](C[Se]CCC(O)C(=O)O)[C@@H](O)[C@H]1O. The van der Waals surface area contributed by atoms with Crippen LogP contribution >= 0.6 is 0 Å². The zero-order valence-corrected chi connectivity index (χ0v) is 15.3. The molecule has 0 spiro atoms. The molecule has 0 radical (unpaired) electrons. The number of carboxylic acid groups (broad SMARTS) is 1. The van der Waals surface area contributed by atoms with E-state index in [0.717, 1.165) is 0 Å². The van der Waals surface area contributed by atoms with Crippen LogP contribution in [0.15, 0.2) is 12.7 Å². The average Bonchev–Trinajstić information content (AvgIpc) is 3.15. The van der Waals surface area contributed by atoms with E-state index >= 15 is 0 Å². The molecule has 2 aromatic heterocycles. The van der Waals surface area contributed by atoms with Gasteiger partial charge in [-0.15, -0.1) is 0 Å². The standard InChI is InChI=1S/C14H19N5O6Se/c15-11-8-12(17-4-16-11)19(5-18-8)13-10(22)9(21)7(25-13)3-26-2-1-6(20)14(23)24/h4-7,9-10,13,20-22H,1-3H2,(H,23,24)(H2,15,16,17)/t6?,7-,9-,10-,13-/m1/s1. The number of carboxylic acids is 1. The van der Waals surface area contributed by atoms with Crippen LogP contribution < -0.4 is 5.73 Å². The second-order valence-electron chi connectivity index (χ2n) is 5.85. The monoisotopic (exact) mass is 433 g/mol. The zero-order chi connectivity index (χ0) is 18.8. The number of rotatable bonds is 7. The van der Waals surface area contributed by atoms with Gasteiger partial charge in [-0.05, 0) is 0 Å². The Morgan fingerprint density at radius 2 is 2.12 bits per heavy atom. The summed E-state index contributed by atoms with van der Waals surface area (Å²) in [7, 11) is 0. The van der Waals surface area contributed by atoms with Crippen LogP contribution in [0, 0.1) is 0 Å². The zero-order valence-electron chi connectivity index (χ0n) is 13.5. The molecular weight excluding hydrogens is 413 g/mol. The van der Waals surface area contributed by atoms with Crippen molar-refractivity contribution in [1.82, 2.24) is 19.5 Å². The van der Waals surface area contributed by atoms with Crippen LogP contribution in [0.2, 0.25) is 10.6 Å². The van der Waals surface area contributed by atoms with Gasteiger partial charge in [-0.1, -0.05) is 0 Å². The molecule has 0 bridgehead atoms. The molecule has 11 nitrogen and oxygen atoms in total. The fourth-order valence-electron chi connectivity index (χ4n) is 2.67. The third-order valence-corrected chi connectivity index (χ3v) is 6.39. The topological polar surface area (TPSA) is 177 Å². The molecule has 3 rings (SSSR count). The van der Waals surface area contributed by atoms with Gasteiger partial charge in [0.2, 0.25) is 0 Å². The van der Waals surface area contributed by atoms with E-state index in [9.17, 15) is 20.1 Å². The van der Waals surface area contributed by atoms with Gasteiger partial charge in [0.05, 0.1) is 0 Å². The first-order valence-corrected chi connectivity index (χ1v) is 10.3. The number of imidazole rings is 1. The molecule has 12 heteroatoms. The first-order valence-electron chi connectivity index (χ1n) is 7.83. The van der Waals surface area contributed by atoms with E-state index in [1.54, 1.807) is 0 Å². The van der Waals surface area contributed by atoms with Crippen LogP contribution in [-0.2, 0) is 9.53 Å². The van der Waals surface area contributed by atoms with Crippen molar-refractivity contribution in [3.63, 3.8) is 0 Å². The molecule has 0 aliphatic carbocycles. The van der Waals surface area contributed by atoms with Gasteiger partial charge in [0.25, 0.3) is 0 Å². The molecule has 2 aromatic rings. The van der Waals surface area contributed by atoms with Crippen LogP contribution in [0.4, 0.5) is 5.82 Å². The van der Waals surface area contributed by atoms with Crippen LogP contribution in [0.3, 0.4) is 0 Å². The van der Waals surface area contributed by atoms with E-state index in [2.05, 4.69) is 15.0 Å². The number of nitrogens with two attached hydrogens (primary N) is 1. The Labute approximate surface area is 154 Å². The van der Waals surface area contributed by atoms with E-state index in [-0.39, 0.29) is 27.2 Å². The van der Waals surface area contributed by atoms with Gasteiger partial charge in [-0.3, -0.25) is 0 Å². The van der Waals surface area contributed by atoms with Gasteiger partial charge in [0.15, 0.2) is 0 Å². The average molecular weight is 432 g/mol. The predicted octanol–water partition coefficient (Wildman–Crippen LogP) is -1.60. The quantitative estimate of drug-likeness (QED) is 0.253. The third-order valence-electron chi connectivity index (χ3n) is 4.10.